The molecule has 0 aliphatic carbocycles. The molecule has 2 nitrogen and oxygen atoms in total. The molecule has 1 heterocycles. The normalized spacial score (nSPS) is 24.8. The second kappa shape index (κ2) is 7.80. The van der Waals surface area contributed by atoms with Crippen LogP contribution in [0.25, 0.3) is 0 Å². The van der Waals surface area contributed by atoms with E-state index in [1.807, 2.05) is 0 Å². The van der Waals surface area contributed by atoms with Crippen LogP contribution in [0.1, 0.15) is 58.1 Å². The standard InChI is InChI=1S/C18H29NO/c1-4-8-17-13-16(11-12-20-17)19-18(14(2)3)15-9-6-5-7-10-15/h5-7,9-10,14,16-19H,4,8,11-13H2,1-3H3. The SMILES string of the molecule is CCCC1CC(NC(c2ccccc2)C(C)C)CCO1. The van der Waals surface area contributed by atoms with Gasteiger partial charge in [-0.1, -0.05) is 57.5 Å². The van der Waals surface area contributed by atoms with Crippen molar-refractivity contribution >= 4 is 0 Å². The van der Waals surface area contributed by atoms with Gasteiger partial charge in [-0.05, 0) is 30.7 Å². The molecular formula is C18H29NO. The van der Waals surface area contributed by atoms with Crippen LogP contribution in [0.2, 0.25) is 0 Å². The first-order valence-electron chi connectivity index (χ1n) is 8.13. The van der Waals surface area contributed by atoms with Crippen LogP contribution in [-0.4, -0.2) is 18.8 Å². The predicted octanol–water partition coefficient (Wildman–Crippen LogP) is 4.32. The van der Waals surface area contributed by atoms with E-state index in [9.17, 15) is 0 Å². The lowest BCUT2D eigenvalue weighted by atomic mass is 9.92. The molecule has 0 radical (unpaired) electrons. The first-order valence-corrected chi connectivity index (χ1v) is 8.13. The highest BCUT2D eigenvalue weighted by molar-refractivity contribution is 5.19. The van der Waals surface area contributed by atoms with E-state index in [0.29, 0.717) is 24.1 Å². The van der Waals surface area contributed by atoms with Crippen molar-refractivity contribution in [3.05, 3.63) is 35.9 Å². The Morgan fingerprint density at radius 2 is 2.00 bits per heavy atom. The van der Waals surface area contributed by atoms with Crippen LogP contribution in [0.4, 0.5) is 0 Å². The van der Waals surface area contributed by atoms with Crippen molar-refractivity contribution in [2.45, 2.75) is 64.6 Å². The van der Waals surface area contributed by atoms with Gasteiger partial charge in [0.15, 0.2) is 0 Å². The Labute approximate surface area is 123 Å². The number of benzene rings is 1. The van der Waals surface area contributed by atoms with Crippen molar-refractivity contribution in [2.75, 3.05) is 6.61 Å². The summed E-state index contributed by atoms with van der Waals surface area (Å²) >= 11 is 0. The molecule has 1 fully saturated rings. The summed E-state index contributed by atoms with van der Waals surface area (Å²) in [5, 5.41) is 3.88. The average Bonchev–Trinajstić information content (AvgIpc) is 2.46. The molecule has 3 atom stereocenters. The molecule has 2 heteroatoms. The van der Waals surface area contributed by atoms with Gasteiger partial charge in [-0.2, -0.15) is 0 Å². The molecule has 112 valence electrons. The number of hydrogen-bond acceptors (Lipinski definition) is 2. The summed E-state index contributed by atoms with van der Waals surface area (Å²) < 4.78 is 5.86. The summed E-state index contributed by atoms with van der Waals surface area (Å²) in [6.45, 7) is 7.74. The Kier molecular flexibility index (Phi) is 6.06. The van der Waals surface area contributed by atoms with E-state index < -0.39 is 0 Å². The molecule has 1 aliphatic heterocycles. The van der Waals surface area contributed by atoms with Crippen molar-refractivity contribution in [1.29, 1.82) is 0 Å². The third-order valence-electron chi connectivity index (χ3n) is 4.22. The van der Waals surface area contributed by atoms with Gasteiger partial charge in [-0.25, -0.2) is 0 Å². The molecule has 0 bridgehead atoms. The molecule has 1 aliphatic rings. The Hall–Kier alpha value is -0.860. The van der Waals surface area contributed by atoms with Gasteiger partial charge in [-0.15, -0.1) is 0 Å². The predicted molar refractivity (Wildman–Crippen MR) is 84.8 cm³/mol. The third-order valence-corrected chi connectivity index (χ3v) is 4.22. The number of ether oxygens (including phenoxy) is 1. The van der Waals surface area contributed by atoms with Crippen LogP contribution in [0.5, 0.6) is 0 Å². The largest absolute Gasteiger partial charge is 0.378 e. The zero-order valence-corrected chi connectivity index (χ0v) is 13.1. The molecule has 0 amide bonds. The van der Waals surface area contributed by atoms with Gasteiger partial charge in [0, 0.05) is 18.7 Å². The molecule has 0 saturated carbocycles. The minimum absolute atomic E-state index is 0.446. The lowest BCUT2D eigenvalue weighted by Crippen LogP contribution is -2.42. The van der Waals surface area contributed by atoms with E-state index >= 15 is 0 Å². The third kappa shape index (κ3) is 4.32. The van der Waals surface area contributed by atoms with E-state index in [4.69, 9.17) is 4.74 Å². The highest BCUT2D eigenvalue weighted by Gasteiger charge is 2.25. The highest BCUT2D eigenvalue weighted by Crippen LogP contribution is 2.25. The maximum absolute atomic E-state index is 5.86. The van der Waals surface area contributed by atoms with Crippen LogP contribution < -0.4 is 5.32 Å². The van der Waals surface area contributed by atoms with Crippen LogP contribution in [0.3, 0.4) is 0 Å². The lowest BCUT2D eigenvalue weighted by Gasteiger charge is -2.34. The van der Waals surface area contributed by atoms with Crippen molar-refractivity contribution in [2.24, 2.45) is 5.92 Å². The average molecular weight is 275 g/mol. The van der Waals surface area contributed by atoms with Crippen LogP contribution >= 0.6 is 0 Å². The molecule has 0 aromatic heterocycles. The molecule has 1 N–H and O–H groups in total. The minimum atomic E-state index is 0.446. The monoisotopic (exact) mass is 275 g/mol. The summed E-state index contributed by atoms with van der Waals surface area (Å²) in [5.74, 6) is 0.602. The molecule has 2 rings (SSSR count). The second-order valence-corrected chi connectivity index (χ2v) is 6.30. The topological polar surface area (TPSA) is 21.3 Å². The smallest absolute Gasteiger partial charge is 0.0589 e. The van der Waals surface area contributed by atoms with Crippen LogP contribution in [-0.2, 0) is 4.74 Å². The Balaban J connectivity index is 1.98. The minimum Gasteiger partial charge on any atom is -0.378 e. The van der Waals surface area contributed by atoms with Crippen molar-refractivity contribution in [1.82, 2.24) is 5.32 Å². The molecule has 3 unspecified atom stereocenters. The van der Waals surface area contributed by atoms with Gasteiger partial charge in [0.1, 0.15) is 0 Å². The molecule has 1 saturated heterocycles. The van der Waals surface area contributed by atoms with Gasteiger partial charge in [0.05, 0.1) is 6.10 Å². The van der Waals surface area contributed by atoms with E-state index in [2.05, 4.69) is 56.4 Å². The quantitative estimate of drug-likeness (QED) is 0.834. The van der Waals surface area contributed by atoms with E-state index in [0.717, 1.165) is 19.4 Å². The zero-order valence-electron chi connectivity index (χ0n) is 13.1. The Morgan fingerprint density at radius 1 is 1.25 bits per heavy atom. The Morgan fingerprint density at radius 3 is 2.65 bits per heavy atom. The van der Waals surface area contributed by atoms with Gasteiger partial charge >= 0.3 is 0 Å². The highest BCUT2D eigenvalue weighted by atomic mass is 16.5. The number of nitrogens with one attached hydrogen (secondary N) is 1. The fraction of sp³-hybridized carbons (Fsp3) is 0.667. The van der Waals surface area contributed by atoms with E-state index in [-0.39, 0.29) is 0 Å². The number of hydrogen-bond donors (Lipinski definition) is 1. The summed E-state index contributed by atoms with van der Waals surface area (Å²) in [6, 6.07) is 11.9. The van der Waals surface area contributed by atoms with Gasteiger partial charge in [-0.3, -0.25) is 0 Å². The molecule has 20 heavy (non-hydrogen) atoms. The molecule has 1 aromatic rings. The lowest BCUT2D eigenvalue weighted by molar-refractivity contribution is -0.00607. The molecular weight excluding hydrogens is 246 g/mol. The Bertz CT molecular complexity index is 374. The number of rotatable bonds is 6. The van der Waals surface area contributed by atoms with Crippen molar-refractivity contribution in [3.8, 4) is 0 Å². The van der Waals surface area contributed by atoms with Gasteiger partial charge in [0.2, 0.25) is 0 Å². The van der Waals surface area contributed by atoms with Gasteiger partial charge < -0.3 is 10.1 Å². The second-order valence-electron chi connectivity index (χ2n) is 6.30. The van der Waals surface area contributed by atoms with Crippen molar-refractivity contribution < 1.29 is 4.74 Å². The summed E-state index contributed by atoms with van der Waals surface area (Å²) in [4.78, 5) is 0. The maximum atomic E-state index is 5.86. The van der Waals surface area contributed by atoms with Gasteiger partial charge in [0.25, 0.3) is 0 Å². The first kappa shape index (κ1) is 15.5. The molecule has 0 spiro atoms. The molecule has 1 aromatic carbocycles. The summed E-state index contributed by atoms with van der Waals surface area (Å²) in [7, 11) is 0. The fourth-order valence-electron chi connectivity index (χ4n) is 3.14. The van der Waals surface area contributed by atoms with Crippen molar-refractivity contribution in [3.63, 3.8) is 0 Å². The fourth-order valence-corrected chi connectivity index (χ4v) is 3.14. The zero-order chi connectivity index (χ0) is 14.4. The van der Waals surface area contributed by atoms with Crippen LogP contribution in [0, 0.1) is 5.92 Å². The maximum Gasteiger partial charge on any atom is 0.0589 e. The summed E-state index contributed by atoms with van der Waals surface area (Å²) in [5.41, 5.74) is 1.40. The summed E-state index contributed by atoms with van der Waals surface area (Å²) in [6.07, 6.45) is 5.15. The van der Waals surface area contributed by atoms with Crippen LogP contribution in [0.15, 0.2) is 30.3 Å². The van der Waals surface area contributed by atoms with E-state index in [1.54, 1.807) is 0 Å². The first-order chi connectivity index (χ1) is 9.70. The van der Waals surface area contributed by atoms with E-state index in [1.165, 1.54) is 18.4 Å².